The highest BCUT2D eigenvalue weighted by atomic mass is 35.5. The van der Waals surface area contributed by atoms with Gasteiger partial charge in [0.15, 0.2) is 0 Å². The van der Waals surface area contributed by atoms with Crippen LogP contribution in [0.2, 0.25) is 5.15 Å². The van der Waals surface area contributed by atoms with E-state index in [2.05, 4.69) is 11.9 Å². The van der Waals surface area contributed by atoms with Gasteiger partial charge in [-0.1, -0.05) is 30.7 Å². The monoisotopic (exact) mass is 357 g/mol. The minimum atomic E-state index is -0.0799. The van der Waals surface area contributed by atoms with E-state index < -0.39 is 0 Å². The molecule has 3 rings (SSSR count). The van der Waals surface area contributed by atoms with Crippen LogP contribution in [-0.2, 0) is 6.42 Å². The maximum atomic E-state index is 12.6. The van der Waals surface area contributed by atoms with E-state index in [0.717, 1.165) is 6.42 Å². The summed E-state index contributed by atoms with van der Waals surface area (Å²) >= 11 is 5.85. The molecule has 5 nitrogen and oxygen atoms in total. The number of halogens is 1. The quantitative estimate of drug-likeness (QED) is 0.794. The Bertz CT molecular complexity index is 768. The highest BCUT2D eigenvalue weighted by Crippen LogP contribution is 2.14. The van der Waals surface area contributed by atoms with Gasteiger partial charge in [-0.2, -0.15) is 0 Å². The molecule has 2 aromatic rings. The molecule has 0 aliphatic carbocycles. The molecule has 0 radical (unpaired) electrons. The molecule has 1 fully saturated rings. The highest BCUT2D eigenvalue weighted by molar-refractivity contribution is 6.29. The molecule has 1 saturated heterocycles. The highest BCUT2D eigenvalue weighted by Gasteiger charge is 2.25. The molecule has 6 heteroatoms. The van der Waals surface area contributed by atoms with Gasteiger partial charge in [-0.05, 0) is 36.2 Å². The van der Waals surface area contributed by atoms with Gasteiger partial charge in [0.2, 0.25) is 0 Å². The Morgan fingerprint density at radius 1 is 0.960 bits per heavy atom. The van der Waals surface area contributed by atoms with E-state index in [1.807, 2.05) is 24.3 Å². The Kier molecular flexibility index (Phi) is 5.34. The van der Waals surface area contributed by atoms with Crippen molar-refractivity contribution in [1.82, 2.24) is 14.8 Å². The van der Waals surface area contributed by atoms with Crippen LogP contribution in [0.25, 0.3) is 0 Å². The molecule has 25 heavy (non-hydrogen) atoms. The molecule has 130 valence electrons. The number of carbonyl (C=O) groups excluding carboxylic acids is 2. The molecule has 0 saturated carbocycles. The first-order valence-electron chi connectivity index (χ1n) is 8.37. The van der Waals surface area contributed by atoms with E-state index in [1.54, 1.807) is 21.9 Å². The van der Waals surface area contributed by atoms with Crippen LogP contribution in [0.1, 0.15) is 33.2 Å². The van der Waals surface area contributed by atoms with Crippen molar-refractivity contribution in [3.8, 4) is 0 Å². The van der Waals surface area contributed by atoms with Gasteiger partial charge in [0.05, 0.1) is 0 Å². The average molecular weight is 358 g/mol. The molecule has 2 heterocycles. The van der Waals surface area contributed by atoms with Crippen molar-refractivity contribution in [1.29, 1.82) is 0 Å². The van der Waals surface area contributed by atoms with Crippen molar-refractivity contribution >= 4 is 23.4 Å². The fraction of sp³-hybridized carbons (Fsp3) is 0.316. The Morgan fingerprint density at radius 2 is 1.52 bits per heavy atom. The second-order valence-corrected chi connectivity index (χ2v) is 6.39. The zero-order valence-electron chi connectivity index (χ0n) is 14.1. The van der Waals surface area contributed by atoms with E-state index in [-0.39, 0.29) is 11.8 Å². The van der Waals surface area contributed by atoms with Gasteiger partial charge >= 0.3 is 0 Å². The van der Waals surface area contributed by atoms with Gasteiger partial charge in [-0.25, -0.2) is 4.98 Å². The van der Waals surface area contributed by atoms with E-state index in [1.165, 1.54) is 11.8 Å². The molecule has 0 N–H and O–H groups in total. The van der Waals surface area contributed by atoms with Crippen LogP contribution in [0.5, 0.6) is 0 Å². The number of rotatable bonds is 3. The van der Waals surface area contributed by atoms with Crippen LogP contribution in [0.15, 0.2) is 42.6 Å². The summed E-state index contributed by atoms with van der Waals surface area (Å²) < 4.78 is 0. The molecule has 0 spiro atoms. The maximum absolute atomic E-state index is 12.6. The molecule has 2 amide bonds. The lowest BCUT2D eigenvalue weighted by molar-refractivity contribution is 0.0535. The Morgan fingerprint density at radius 3 is 2.04 bits per heavy atom. The van der Waals surface area contributed by atoms with E-state index in [0.29, 0.717) is 42.5 Å². The minimum absolute atomic E-state index is 0.0155. The Hall–Kier alpha value is -2.40. The number of carbonyl (C=O) groups is 2. The van der Waals surface area contributed by atoms with Crippen LogP contribution >= 0.6 is 11.6 Å². The summed E-state index contributed by atoms with van der Waals surface area (Å²) in [7, 11) is 0. The van der Waals surface area contributed by atoms with Crippen LogP contribution in [0.3, 0.4) is 0 Å². The van der Waals surface area contributed by atoms with Crippen molar-refractivity contribution < 1.29 is 9.59 Å². The number of benzene rings is 1. The predicted molar refractivity (Wildman–Crippen MR) is 96.9 cm³/mol. The molecular weight excluding hydrogens is 338 g/mol. The summed E-state index contributed by atoms with van der Waals surface area (Å²) in [5, 5.41) is 0.301. The summed E-state index contributed by atoms with van der Waals surface area (Å²) in [6.45, 7) is 4.16. The molecule has 1 aromatic heterocycles. The molecule has 1 aliphatic rings. The normalized spacial score (nSPS) is 14.5. The minimum Gasteiger partial charge on any atom is -0.335 e. The Labute approximate surface area is 152 Å². The first-order valence-corrected chi connectivity index (χ1v) is 8.75. The summed E-state index contributed by atoms with van der Waals surface area (Å²) in [5.74, 6) is -0.0644. The smallest absolute Gasteiger partial charge is 0.254 e. The third-order valence-electron chi connectivity index (χ3n) is 4.44. The van der Waals surface area contributed by atoms with Gasteiger partial charge in [0.25, 0.3) is 11.8 Å². The standard InChI is InChI=1S/C19H20ClN3O2/c1-2-14-3-5-15(6-4-14)18(24)22-9-11-23(12-10-22)19(25)16-7-8-21-17(20)13-16/h3-8,13H,2,9-12H2,1H3. The molecule has 0 atom stereocenters. The summed E-state index contributed by atoms with van der Waals surface area (Å²) in [5.41, 5.74) is 2.43. The van der Waals surface area contributed by atoms with Crippen molar-refractivity contribution in [3.63, 3.8) is 0 Å². The molecule has 1 aliphatic heterocycles. The number of hydrogen-bond donors (Lipinski definition) is 0. The number of aryl methyl sites for hydroxylation is 1. The average Bonchev–Trinajstić information content (AvgIpc) is 2.67. The first kappa shape index (κ1) is 17.4. The zero-order valence-corrected chi connectivity index (χ0v) is 14.9. The number of aromatic nitrogens is 1. The third-order valence-corrected chi connectivity index (χ3v) is 4.64. The number of nitrogens with zero attached hydrogens (tertiary/aromatic N) is 3. The Balaban J connectivity index is 1.61. The molecular formula is C19H20ClN3O2. The number of hydrogen-bond acceptors (Lipinski definition) is 3. The predicted octanol–water partition coefficient (Wildman–Crippen LogP) is 2.90. The van der Waals surface area contributed by atoms with Crippen molar-refractivity contribution in [2.45, 2.75) is 13.3 Å². The SMILES string of the molecule is CCc1ccc(C(=O)N2CCN(C(=O)c3ccnc(Cl)c3)CC2)cc1. The molecule has 0 bridgehead atoms. The number of pyridine rings is 1. The largest absolute Gasteiger partial charge is 0.335 e. The molecule has 0 unspecified atom stereocenters. The lowest BCUT2D eigenvalue weighted by atomic mass is 10.1. The van der Waals surface area contributed by atoms with Crippen molar-refractivity contribution in [2.24, 2.45) is 0 Å². The summed E-state index contributed by atoms with van der Waals surface area (Å²) in [4.78, 5) is 32.5. The van der Waals surface area contributed by atoms with Crippen molar-refractivity contribution in [3.05, 3.63) is 64.4 Å². The van der Waals surface area contributed by atoms with Gasteiger partial charge in [-0.3, -0.25) is 9.59 Å². The summed E-state index contributed by atoms with van der Waals surface area (Å²) in [6, 6.07) is 10.9. The fourth-order valence-electron chi connectivity index (χ4n) is 2.90. The summed E-state index contributed by atoms with van der Waals surface area (Å²) in [6.07, 6.45) is 2.48. The van der Waals surface area contributed by atoms with E-state index >= 15 is 0 Å². The maximum Gasteiger partial charge on any atom is 0.254 e. The second-order valence-electron chi connectivity index (χ2n) is 6.00. The van der Waals surface area contributed by atoms with Crippen LogP contribution in [-0.4, -0.2) is 52.8 Å². The lowest BCUT2D eigenvalue weighted by Gasteiger charge is -2.35. The topological polar surface area (TPSA) is 53.5 Å². The second kappa shape index (κ2) is 7.66. The van der Waals surface area contributed by atoms with Gasteiger partial charge < -0.3 is 9.80 Å². The van der Waals surface area contributed by atoms with Crippen LogP contribution < -0.4 is 0 Å². The fourth-order valence-corrected chi connectivity index (χ4v) is 3.07. The third kappa shape index (κ3) is 3.99. The van der Waals surface area contributed by atoms with Crippen LogP contribution in [0, 0.1) is 0 Å². The first-order chi connectivity index (χ1) is 12.1. The molecule has 1 aromatic carbocycles. The van der Waals surface area contributed by atoms with Gasteiger partial charge in [-0.15, -0.1) is 0 Å². The zero-order chi connectivity index (χ0) is 17.8. The number of piperazine rings is 1. The van der Waals surface area contributed by atoms with Crippen molar-refractivity contribution in [2.75, 3.05) is 26.2 Å². The lowest BCUT2D eigenvalue weighted by Crippen LogP contribution is -2.50. The van der Waals surface area contributed by atoms with Crippen LogP contribution in [0.4, 0.5) is 0 Å². The van der Waals surface area contributed by atoms with Gasteiger partial charge in [0.1, 0.15) is 5.15 Å². The van der Waals surface area contributed by atoms with E-state index in [4.69, 9.17) is 11.6 Å². The number of amides is 2. The van der Waals surface area contributed by atoms with Gasteiger partial charge in [0, 0.05) is 43.5 Å². The van der Waals surface area contributed by atoms with E-state index in [9.17, 15) is 9.59 Å².